The zero-order valence-electron chi connectivity index (χ0n) is 11.3. The molecule has 0 aliphatic carbocycles. The summed E-state index contributed by atoms with van der Waals surface area (Å²) in [5.74, 6) is 0.275. The summed E-state index contributed by atoms with van der Waals surface area (Å²) < 4.78 is 5.02. The van der Waals surface area contributed by atoms with Gasteiger partial charge in [0.15, 0.2) is 5.58 Å². The zero-order chi connectivity index (χ0) is 13.8. The van der Waals surface area contributed by atoms with Gasteiger partial charge in [-0.05, 0) is 29.5 Å². The fourth-order valence-electron chi connectivity index (χ4n) is 2.01. The van der Waals surface area contributed by atoms with E-state index in [1.807, 2.05) is 18.2 Å². The predicted octanol–water partition coefficient (Wildman–Crippen LogP) is 1.48. The summed E-state index contributed by atoms with van der Waals surface area (Å²) >= 11 is 0. The summed E-state index contributed by atoms with van der Waals surface area (Å²) in [6.07, 6.45) is 0. The highest BCUT2D eigenvalue weighted by Crippen LogP contribution is 2.13. The molecule has 5 heteroatoms. The van der Waals surface area contributed by atoms with Crippen molar-refractivity contribution in [3.8, 4) is 0 Å². The van der Waals surface area contributed by atoms with Gasteiger partial charge < -0.3 is 14.8 Å². The molecule has 1 atom stereocenters. The van der Waals surface area contributed by atoms with Crippen LogP contribution in [0.15, 0.2) is 27.4 Å². The third-order valence-electron chi connectivity index (χ3n) is 3.40. The lowest BCUT2D eigenvalue weighted by Crippen LogP contribution is -2.28. The van der Waals surface area contributed by atoms with E-state index in [9.17, 15) is 9.90 Å². The second-order valence-electron chi connectivity index (χ2n) is 5.16. The van der Waals surface area contributed by atoms with Gasteiger partial charge in [0.1, 0.15) is 0 Å². The van der Waals surface area contributed by atoms with E-state index in [2.05, 4.69) is 24.1 Å². The number of aromatic nitrogens is 1. The van der Waals surface area contributed by atoms with Crippen LogP contribution in [0.2, 0.25) is 0 Å². The SMILES string of the molecule is CC(C)C(CO)CNCc1ccc2[nH]c(=O)oc2c1. The highest BCUT2D eigenvalue weighted by Gasteiger charge is 2.11. The fourth-order valence-corrected chi connectivity index (χ4v) is 2.01. The number of aromatic amines is 1. The molecular formula is C14H20N2O3. The lowest BCUT2D eigenvalue weighted by Gasteiger charge is -2.18. The monoisotopic (exact) mass is 264 g/mol. The van der Waals surface area contributed by atoms with Crippen molar-refractivity contribution in [2.45, 2.75) is 20.4 Å². The van der Waals surface area contributed by atoms with Crippen LogP contribution in [0.25, 0.3) is 11.1 Å². The Balaban J connectivity index is 1.96. The number of nitrogens with one attached hydrogen (secondary N) is 2. The molecule has 0 aliphatic rings. The Morgan fingerprint density at radius 3 is 2.89 bits per heavy atom. The smallest absolute Gasteiger partial charge is 0.408 e. The van der Waals surface area contributed by atoms with E-state index in [0.717, 1.165) is 12.1 Å². The lowest BCUT2D eigenvalue weighted by atomic mass is 9.97. The van der Waals surface area contributed by atoms with E-state index in [1.54, 1.807) is 0 Å². The van der Waals surface area contributed by atoms with Crippen LogP contribution < -0.4 is 11.1 Å². The van der Waals surface area contributed by atoms with Gasteiger partial charge in [-0.3, -0.25) is 4.98 Å². The van der Waals surface area contributed by atoms with Crippen molar-refractivity contribution in [1.29, 1.82) is 0 Å². The van der Waals surface area contributed by atoms with Crippen molar-refractivity contribution in [3.63, 3.8) is 0 Å². The molecule has 2 rings (SSSR count). The molecular weight excluding hydrogens is 244 g/mol. The number of fused-ring (bicyclic) bond motifs is 1. The first kappa shape index (κ1) is 13.8. The highest BCUT2D eigenvalue weighted by molar-refractivity contribution is 5.72. The molecule has 0 aliphatic heterocycles. The second-order valence-corrected chi connectivity index (χ2v) is 5.16. The largest absolute Gasteiger partial charge is 0.417 e. The van der Waals surface area contributed by atoms with Gasteiger partial charge in [-0.25, -0.2) is 4.79 Å². The first-order valence-corrected chi connectivity index (χ1v) is 6.53. The standard InChI is InChI=1S/C14H20N2O3/c1-9(2)11(8-17)7-15-6-10-3-4-12-13(5-10)19-14(18)16-12/h3-5,9,11,15,17H,6-8H2,1-2H3,(H,16,18). The summed E-state index contributed by atoms with van der Waals surface area (Å²) in [7, 11) is 0. The van der Waals surface area contributed by atoms with Gasteiger partial charge in [-0.2, -0.15) is 0 Å². The Hall–Kier alpha value is -1.59. The molecule has 2 aromatic rings. The van der Waals surface area contributed by atoms with Gasteiger partial charge in [-0.1, -0.05) is 19.9 Å². The fraction of sp³-hybridized carbons (Fsp3) is 0.500. The summed E-state index contributed by atoms with van der Waals surface area (Å²) in [5.41, 5.74) is 2.34. The molecule has 0 saturated heterocycles. The first-order chi connectivity index (χ1) is 9.10. The second kappa shape index (κ2) is 6.04. The number of rotatable bonds is 6. The van der Waals surface area contributed by atoms with Crippen LogP contribution in [0, 0.1) is 11.8 Å². The van der Waals surface area contributed by atoms with Crippen LogP contribution in [0.3, 0.4) is 0 Å². The number of H-pyrrole nitrogens is 1. The average molecular weight is 264 g/mol. The molecule has 1 heterocycles. The van der Waals surface area contributed by atoms with Crippen molar-refractivity contribution in [3.05, 3.63) is 34.3 Å². The van der Waals surface area contributed by atoms with Gasteiger partial charge >= 0.3 is 5.76 Å². The zero-order valence-corrected chi connectivity index (χ0v) is 11.3. The third-order valence-corrected chi connectivity index (χ3v) is 3.40. The number of aliphatic hydroxyl groups is 1. The molecule has 1 unspecified atom stereocenters. The van der Waals surface area contributed by atoms with Crippen molar-refractivity contribution < 1.29 is 9.52 Å². The average Bonchev–Trinajstić information content (AvgIpc) is 2.73. The van der Waals surface area contributed by atoms with E-state index in [1.165, 1.54) is 0 Å². The molecule has 0 saturated carbocycles. The Bertz CT molecular complexity index is 586. The summed E-state index contributed by atoms with van der Waals surface area (Å²) in [6.45, 7) is 5.85. The van der Waals surface area contributed by atoms with E-state index < -0.39 is 5.76 Å². The van der Waals surface area contributed by atoms with Crippen molar-refractivity contribution in [1.82, 2.24) is 10.3 Å². The summed E-state index contributed by atoms with van der Waals surface area (Å²) in [4.78, 5) is 13.7. The minimum atomic E-state index is -0.430. The number of hydrogen-bond donors (Lipinski definition) is 3. The van der Waals surface area contributed by atoms with E-state index in [-0.39, 0.29) is 12.5 Å². The molecule has 5 nitrogen and oxygen atoms in total. The van der Waals surface area contributed by atoms with Gasteiger partial charge in [0.05, 0.1) is 5.52 Å². The summed E-state index contributed by atoms with van der Waals surface area (Å²) in [6, 6.07) is 5.64. The van der Waals surface area contributed by atoms with Crippen LogP contribution in [0.5, 0.6) is 0 Å². The lowest BCUT2D eigenvalue weighted by molar-refractivity contribution is 0.186. The molecule has 0 bridgehead atoms. The molecule has 0 radical (unpaired) electrons. The minimum Gasteiger partial charge on any atom is -0.408 e. The minimum absolute atomic E-state index is 0.191. The van der Waals surface area contributed by atoms with Gasteiger partial charge in [0.25, 0.3) is 0 Å². The number of benzene rings is 1. The van der Waals surface area contributed by atoms with Crippen LogP contribution in [0.1, 0.15) is 19.4 Å². The molecule has 1 aromatic carbocycles. The topological polar surface area (TPSA) is 78.3 Å². The van der Waals surface area contributed by atoms with Gasteiger partial charge in [0, 0.05) is 19.7 Å². The normalized spacial score (nSPS) is 13.3. The van der Waals surface area contributed by atoms with E-state index in [4.69, 9.17) is 4.42 Å². The van der Waals surface area contributed by atoms with Crippen LogP contribution in [0.4, 0.5) is 0 Å². The van der Waals surface area contributed by atoms with Crippen molar-refractivity contribution in [2.24, 2.45) is 11.8 Å². The van der Waals surface area contributed by atoms with Crippen LogP contribution >= 0.6 is 0 Å². The molecule has 0 amide bonds. The Kier molecular flexibility index (Phi) is 4.39. The molecule has 0 spiro atoms. The van der Waals surface area contributed by atoms with Crippen LogP contribution in [-0.2, 0) is 6.54 Å². The van der Waals surface area contributed by atoms with E-state index in [0.29, 0.717) is 23.6 Å². The molecule has 1 aromatic heterocycles. The number of oxazole rings is 1. The molecule has 19 heavy (non-hydrogen) atoms. The summed E-state index contributed by atoms with van der Waals surface area (Å²) in [5, 5.41) is 12.6. The maximum atomic E-state index is 11.1. The van der Waals surface area contributed by atoms with E-state index >= 15 is 0 Å². The molecule has 3 N–H and O–H groups in total. The first-order valence-electron chi connectivity index (χ1n) is 6.53. The maximum Gasteiger partial charge on any atom is 0.417 e. The van der Waals surface area contributed by atoms with Crippen molar-refractivity contribution in [2.75, 3.05) is 13.2 Å². The van der Waals surface area contributed by atoms with Gasteiger partial charge in [0.2, 0.25) is 0 Å². The number of aliphatic hydroxyl groups excluding tert-OH is 1. The Labute approximate surface area is 111 Å². The highest BCUT2D eigenvalue weighted by atomic mass is 16.4. The molecule has 104 valence electrons. The quantitative estimate of drug-likeness (QED) is 0.738. The Morgan fingerprint density at radius 1 is 1.42 bits per heavy atom. The van der Waals surface area contributed by atoms with Crippen LogP contribution in [-0.4, -0.2) is 23.2 Å². The Morgan fingerprint density at radius 2 is 2.21 bits per heavy atom. The third kappa shape index (κ3) is 3.45. The molecule has 0 fully saturated rings. The maximum absolute atomic E-state index is 11.1. The van der Waals surface area contributed by atoms with Crippen molar-refractivity contribution >= 4 is 11.1 Å². The predicted molar refractivity (Wildman–Crippen MR) is 74.0 cm³/mol. The number of hydrogen-bond acceptors (Lipinski definition) is 4. The van der Waals surface area contributed by atoms with Gasteiger partial charge in [-0.15, -0.1) is 0 Å².